The van der Waals surface area contributed by atoms with E-state index in [1.807, 2.05) is 44.2 Å². The zero-order valence-electron chi connectivity index (χ0n) is 18.7. The maximum atomic E-state index is 13.3. The molecule has 3 aromatic carbocycles. The first-order valence-corrected chi connectivity index (χ1v) is 12.7. The maximum absolute atomic E-state index is 13.3. The molecule has 1 heterocycles. The summed E-state index contributed by atoms with van der Waals surface area (Å²) in [4.78, 5) is 18.0. The predicted octanol–water partition coefficient (Wildman–Crippen LogP) is 7.30. The molecule has 0 aliphatic heterocycles. The van der Waals surface area contributed by atoms with Gasteiger partial charge in [-0.2, -0.15) is 9.78 Å². The zero-order valence-corrected chi connectivity index (χ0v) is 22.6. The minimum atomic E-state index is -0.227. The number of hydrogen-bond donors (Lipinski definition) is 0. The van der Waals surface area contributed by atoms with Crippen LogP contribution in [-0.2, 0) is 13.0 Å². The van der Waals surface area contributed by atoms with Gasteiger partial charge < -0.3 is 4.74 Å². The van der Waals surface area contributed by atoms with Crippen molar-refractivity contribution < 1.29 is 4.74 Å². The van der Waals surface area contributed by atoms with Crippen molar-refractivity contribution in [1.29, 1.82) is 0 Å². The normalized spacial score (nSPS) is 11.4. The van der Waals surface area contributed by atoms with E-state index in [0.29, 0.717) is 50.6 Å². The van der Waals surface area contributed by atoms with Gasteiger partial charge in [-0.05, 0) is 65.2 Å². The SMILES string of the molecule is CCCc1nc2ccc(Br)cc2c(=O)n1N=Cc1cc(Cl)cc(Br)c1OCc1cccc(C)c1. The topological polar surface area (TPSA) is 56.5 Å². The molecule has 0 atom stereocenters. The highest BCUT2D eigenvalue weighted by Crippen LogP contribution is 2.32. The van der Waals surface area contributed by atoms with Gasteiger partial charge in [-0.3, -0.25) is 4.79 Å². The van der Waals surface area contributed by atoms with E-state index in [2.05, 4.69) is 48.0 Å². The Morgan fingerprint density at radius 3 is 2.74 bits per heavy atom. The molecule has 5 nitrogen and oxygen atoms in total. The van der Waals surface area contributed by atoms with Crippen molar-refractivity contribution in [2.75, 3.05) is 0 Å². The Labute approximate surface area is 219 Å². The van der Waals surface area contributed by atoms with Crippen molar-refractivity contribution in [2.24, 2.45) is 5.10 Å². The van der Waals surface area contributed by atoms with E-state index in [0.717, 1.165) is 22.0 Å². The molecule has 8 heteroatoms. The number of hydrogen-bond acceptors (Lipinski definition) is 4. The van der Waals surface area contributed by atoms with Crippen LogP contribution in [0.1, 0.15) is 35.9 Å². The molecule has 4 rings (SSSR count). The number of halogens is 3. The highest BCUT2D eigenvalue weighted by molar-refractivity contribution is 9.10. The van der Waals surface area contributed by atoms with Crippen LogP contribution in [0.3, 0.4) is 0 Å². The average molecular weight is 604 g/mol. The summed E-state index contributed by atoms with van der Waals surface area (Å²) >= 11 is 13.3. The average Bonchev–Trinajstić information content (AvgIpc) is 2.79. The number of rotatable bonds is 7. The molecule has 0 bridgehead atoms. The third-order valence-corrected chi connectivity index (χ3v) is 6.46. The fourth-order valence-corrected chi connectivity index (χ4v) is 4.91. The van der Waals surface area contributed by atoms with Crippen molar-refractivity contribution in [1.82, 2.24) is 9.66 Å². The second-order valence-corrected chi connectivity index (χ2v) is 10.1. The Balaban J connectivity index is 1.75. The summed E-state index contributed by atoms with van der Waals surface area (Å²) in [6.45, 7) is 4.47. The van der Waals surface area contributed by atoms with E-state index in [1.165, 1.54) is 4.68 Å². The molecule has 1 aromatic heterocycles. The third kappa shape index (κ3) is 5.59. The van der Waals surface area contributed by atoms with Gasteiger partial charge in [0.05, 0.1) is 21.6 Å². The summed E-state index contributed by atoms with van der Waals surface area (Å²) in [6, 6.07) is 17.1. The van der Waals surface area contributed by atoms with Crippen molar-refractivity contribution >= 4 is 60.6 Å². The molecule has 34 heavy (non-hydrogen) atoms. The molecule has 0 fully saturated rings. The summed E-state index contributed by atoms with van der Waals surface area (Å²) in [5, 5.41) is 5.55. The van der Waals surface area contributed by atoms with Crippen molar-refractivity contribution in [2.45, 2.75) is 33.3 Å². The van der Waals surface area contributed by atoms with Gasteiger partial charge in [-0.25, -0.2) is 4.98 Å². The highest BCUT2D eigenvalue weighted by atomic mass is 79.9. The minimum absolute atomic E-state index is 0.227. The Hall–Kier alpha value is -2.48. The lowest BCUT2D eigenvalue weighted by atomic mass is 10.1. The molecule has 0 aliphatic carbocycles. The molecule has 0 spiro atoms. The molecule has 0 aliphatic rings. The first-order chi connectivity index (χ1) is 16.4. The largest absolute Gasteiger partial charge is 0.487 e. The highest BCUT2D eigenvalue weighted by Gasteiger charge is 2.13. The molecular formula is C26H22Br2ClN3O2. The number of aryl methyl sites for hydroxylation is 2. The van der Waals surface area contributed by atoms with Crippen molar-refractivity contribution in [3.05, 3.63) is 101 Å². The molecule has 0 saturated heterocycles. The van der Waals surface area contributed by atoms with E-state index in [1.54, 1.807) is 24.4 Å². The molecule has 0 unspecified atom stereocenters. The van der Waals surface area contributed by atoms with Crippen LogP contribution in [0, 0.1) is 6.92 Å². The van der Waals surface area contributed by atoms with E-state index < -0.39 is 0 Å². The van der Waals surface area contributed by atoms with Crippen LogP contribution in [0.4, 0.5) is 0 Å². The Bertz CT molecular complexity index is 1450. The molecule has 4 aromatic rings. The fraction of sp³-hybridized carbons (Fsp3) is 0.192. The first kappa shape index (κ1) is 24.6. The van der Waals surface area contributed by atoms with Gasteiger partial charge in [0.2, 0.25) is 0 Å². The second-order valence-electron chi connectivity index (χ2n) is 7.88. The minimum Gasteiger partial charge on any atom is -0.487 e. The number of ether oxygens (including phenoxy) is 1. The molecule has 174 valence electrons. The van der Waals surface area contributed by atoms with Crippen LogP contribution in [0.15, 0.2) is 73.4 Å². The Morgan fingerprint density at radius 2 is 1.97 bits per heavy atom. The third-order valence-electron chi connectivity index (χ3n) is 5.16. The van der Waals surface area contributed by atoms with Crippen LogP contribution in [-0.4, -0.2) is 15.9 Å². The quantitative estimate of drug-likeness (QED) is 0.208. The van der Waals surface area contributed by atoms with Gasteiger partial charge >= 0.3 is 0 Å². The lowest BCUT2D eigenvalue weighted by Crippen LogP contribution is -2.22. The van der Waals surface area contributed by atoms with Crippen LogP contribution in [0.25, 0.3) is 10.9 Å². The number of benzene rings is 3. The van der Waals surface area contributed by atoms with Crippen LogP contribution in [0.2, 0.25) is 5.02 Å². The molecule has 0 saturated carbocycles. The van der Waals surface area contributed by atoms with Crippen molar-refractivity contribution in [3.8, 4) is 5.75 Å². The lowest BCUT2D eigenvalue weighted by molar-refractivity contribution is 0.303. The maximum Gasteiger partial charge on any atom is 0.282 e. The molecule has 0 amide bonds. The van der Waals surface area contributed by atoms with Gasteiger partial charge in [0.15, 0.2) is 0 Å². The number of aromatic nitrogens is 2. The van der Waals surface area contributed by atoms with Gasteiger partial charge in [0.25, 0.3) is 5.56 Å². The van der Waals surface area contributed by atoms with E-state index in [4.69, 9.17) is 16.3 Å². The number of nitrogens with zero attached hydrogens (tertiary/aromatic N) is 3. The summed E-state index contributed by atoms with van der Waals surface area (Å²) in [5.74, 6) is 1.19. The van der Waals surface area contributed by atoms with E-state index in [-0.39, 0.29) is 5.56 Å². The van der Waals surface area contributed by atoms with Crippen LogP contribution < -0.4 is 10.3 Å². The van der Waals surface area contributed by atoms with Crippen molar-refractivity contribution in [3.63, 3.8) is 0 Å². The molecular weight excluding hydrogens is 582 g/mol. The standard InChI is InChI=1S/C26H22Br2ClN3O2/c1-3-5-24-31-23-9-8-19(27)12-21(23)26(33)32(24)30-14-18-11-20(29)13-22(28)25(18)34-15-17-7-4-6-16(2)10-17/h4,6-14H,3,5,15H2,1-2H3. The molecule has 0 radical (unpaired) electrons. The van der Waals surface area contributed by atoms with Crippen LogP contribution >= 0.6 is 43.5 Å². The van der Waals surface area contributed by atoms with E-state index in [9.17, 15) is 4.79 Å². The van der Waals surface area contributed by atoms with Crippen LogP contribution in [0.5, 0.6) is 5.75 Å². The summed E-state index contributed by atoms with van der Waals surface area (Å²) in [7, 11) is 0. The Morgan fingerprint density at radius 1 is 1.15 bits per heavy atom. The van der Waals surface area contributed by atoms with Gasteiger partial charge in [-0.15, -0.1) is 0 Å². The lowest BCUT2D eigenvalue weighted by Gasteiger charge is -2.13. The van der Waals surface area contributed by atoms with Gasteiger partial charge in [-0.1, -0.05) is 64.3 Å². The summed E-state index contributed by atoms with van der Waals surface area (Å²) in [6.07, 6.45) is 3.04. The smallest absolute Gasteiger partial charge is 0.282 e. The fourth-order valence-electron chi connectivity index (χ4n) is 3.61. The Kier molecular flexibility index (Phi) is 7.86. The second kappa shape index (κ2) is 10.8. The summed E-state index contributed by atoms with van der Waals surface area (Å²) in [5.41, 5.74) is 3.28. The van der Waals surface area contributed by atoms with E-state index >= 15 is 0 Å². The first-order valence-electron chi connectivity index (χ1n) is 10.8. The zero-order chi connectivity index (χ0) is 24.2. The molecule has 0 N–H and O–H groups in total. The number of fused-ring (bicyclic) bond motifs is 1. The summed E-state index contributed by atoms with van der Waals surface area (Å²) < 4.78 is 9.01. The monoisotopic (exact) mass is 601 g/mol. The van der Waals surface area contributed by atoms with Gasteiger partial charge in [0, 0.05) is 21.5 Å². The van der Waals surface area contributed by atoms with Gasteiger partial charge in [0.1, 0.15) is 18.2 Å². The predicted molar refractivity (Wildman–Crippen MR) is 145 cm³/mol.